The van der Waals surface area contributed by atoms with Crippen LogP contribution < -0.4 is 0 Å². The minimum Gasteiger partial charge on any atom is -0.139 e. The Bertz CT molecular complexity index is 67.7. The van der Waals surface area contributed by atoms with E-state index in [0.29, 0.717) is 0 Å². The van der Waals surface area contributed by atoms with Crippen molar-refractivity contribution in [3.63, 3.8) is 0 Å². The Morgan fingerprint density at radius 2 is 2.20 bits per heavy atom. The first-order chi connectivity index (χ1) is 2.27. The van der Waals surface area contributed by atoms with Crippen LogP contribution in [0.1, 0.15) is 0 Å². The van der Waals surface area contributed by atoms with Gasteiger partial charge in [0.25, 0.3) is 0 Å². The van der Waals surface area contributed by atoms with Gasteiger partial charge in [0.15, 0.2) is 0 Å². The summed E-state index contributed by atoms with van der Waals surface area (Å²) in [5.41, 5.74) is 0. The van der Waals surface area contributed by atoms with E-state index in [1.807, 2.05) is 0 Å². The van der Waals surface area contributed by atoms with Crippen LogP contribution in [0.5, 0.6) is 0 Å². The van der Waals surface area contributed by atoms with Crippen molar-refractivity contribution in [2.75, 3.05) is 0 Å². The standard InChI is InChI=1S/C2H3IS2/c1-5-2(3)4/h4H,1H2. The first-order valence-electron chi connectivity index (χ1n) is 0.905. The molecule has 0 spiro atoms. The fourth-order valence-corrected chi connectivity index (χ4v) is 0. The molecule has 0 saturated carbocycles. The fourth-order valence-electron chi connectivity index (χ4n) is 0. The van der Waals surface area contributed by atoms with Gasteiger partial charge < -0.3 is 0 Å². The predicted molar refractivity (Wildman–Crippen MR) is 42.7 cm³/mol. The van der Waals surface area contributed by atoms with Crippen molar-refractivity contribution < 1.29 is 0 Å². The van der Waals surface area contributed by atoms with Gasteiger partial charge in [-0.25, -0.2) is 0 Å². The van der Waals surface area contributed by atoms with Crippen molar-refractivity contribution in [2.24, 2.45) is 0 Å². The summed E-state index contributed by atoms with van der Waals surface area (Å²) < 4.78 is 0.975. The molecular formula is C2H3IS2. The molecule has 0 rings (SSSR count). The van der Waals surface area contributed by atoms with Crippen molar-refractivity contribution in [1.29, 1.82) is 0 Å². The quantitative estimate of drug-likeness (QED) is 0.271. The molecule has 0 bridgehead atoms. The lowest BCUT2D eigenvalue weighted by Gasteiger charge is -1.62. The first kappa shape index (κ1) is 6.04. The van der Waals surface area contributed by atoms with Gasteiger partial charge in [0, 0.05) is 0 Å². The second-order valence-corrected chi connectivity index (χ2v) is 4.51. The van der Waals surface area contributed by atoms with Gasteiger partial charge in [-0.05, 0) is 28.5 Å². The summed E-state index contributed by atoms with van der Waals surface area (Å²) in [4.78, 5) is 0. The Hall–Kier alpha value is 1.04. The van der Waals surface area contributed by atoms with Crippen molar-refractivity contribution in [1.82, 2.24) is 0 Å². The lowest BCUT2D eigenvalue weighted by Crippen LogP contribution is -1.47. The summed E-state index contributed by atoms with van der Waals surface area (Å²) in [5, 5.41) is 0. The second kappa shape index (κ2) is 3.24. The molecule has 0 radical (unpaired) electrons. The summed E-state index contributed by atoms with van der Waals surface area (Å²) >= 11 is 5.99. The van der Waals surface area contributed by atoms with Crippen LogP contribution in [0.25, 0.3) is 0 Å². The van der Waals surface area contributed by atoms with E-state index in [1.54, 1.807) is 0 Å². The van der Waals surface area contributed by atoms with Gasteiger partial charge in [0.1, 0.15) is 0 Å². The van der Waals surface area contributed by atoms with Crippen molar-refractivity contribution in [3.05, 3.63) is 0 Å². The topological polar surface area (TPSA) is 0 Å². The summed E-state index contributed by atoms with van der Waals surface area (Å²) in [6.07, 6.45) is 0. The Kier molecular flexibility index (Phi) is 3.91. The van der Waals surface area contributed by atoms with Crippen LogP contribution in [-0.2, 0) is 0 Å². The van der Waals surface area contributed by atoms with Crippen LogP contribution in [0, 0.1) is 0 Å². The lowest BCUT2D eigenvalue weighted by atomic mass is 11.9. The molecule has 0 aromatic rings. The van der Waals surface area contributed by atoms with Gasteiger partial charge in [0.2, 0.25) is 0 Å². The third-order valence-corrected chi connectivity index (χ3v) is 1.68. The molecule has 0 aliphatic carbocycles. The van der Waals surface area contributed by atoms with Crippen LogP contribution in [0.4, 0.5) is 0 Å². The number of hydrogen-bond acceptors (Lipinski definition) is 0. The highest BCUT2D eigenvalue weighted by molar-refractivity contribution is 14.1. The summed E-state index contributed by atoms with van der Waals surface area (Å²) in [6.45, 7) is 0. The number of rotatable bonds is 0. The zero-order valence-corrected chi connectivity index (χ0v) is 6.31. The van der Waals surface area contributed by atoms with Crippen molar-refractivity contribution >= 4 is 54.2 Å². The van der Waals surface area contributed by atoms with Gasteiger partial charge >= 0.3 is 0 Å². The highest BCUT2D eigenvalue weighted by atomic mass is 127. The monoisotopic (exact) mass is 218 g/mol. The molecule has 0 heterocycles. The SMILES string of the molecule is C=S=C(S)I. The van der Waals surface area contributed by atoms with Crippen LogP contribution in [0.3, 0.4) is 0 Å². The highest BCUT2D eigenvalue weighted by Gasteiger charge is 1.62. The van der Waals surface area contributed by atoms with Crippen LogP contribution in [-0.4, -0.2) is 8.07 Å². The third-order valence-electron chi connectivity index (χ3n) is 0.119. The van der Waals surface area contributed by atoms with Crippen LogP contribution in [0.2, 0.25) is 0 Å². The van der Waals surface area contributed by atoms with E-state index in [0.717, 1.165) is 2.20 Å². The Labute approximate surface area is 54.1 Å². The first-order valence-corrected chi connectivity index (χ1v) is 3.42. The second-order valence-electron chi connectivity index (χ2n) is 0.397. The van der Waals surface area contributed by atoms with Gasteiger partial charge in [-0.2, -0.15) is 0 Å². The van der Waals surface area contributed by atoms with Crippen LogP contribution in [0.15, 0.2) is 0 Å². The smallest absolute Gasteiger partial charge is 0.0945 e. The van der Waals surface area contributed by atoms with Gasteiger partial charge in [-0.15, -0.1) is 23.6 Å². The molecule has 5 heavy (non-hydrogen) atoms. The lowest BCUT2D eigenvalue weighted by molar-refractivity contribution is 4.38. The number of halogens is 1. The average Bonchev–Trinajstić information content (AvgIpc) is 1.38. The van der Waals surface area contributed by atoms with Gasteiger partial charge in [-0.1, -0.05) is 0 Å². The van der Waals surface area contributed by atoms with E-state index in [1.165, 1.54) is 10.9 Å². The molecule has 0 N–H and O–H groups in total. The largest absolute Gasteiger partial charge is 0.139 e. The number of hydrogen-bond donors (Lipinski definition) is 1. The third kappa shape index (κ3) is 5.04. The Morgan fingerprint density at radius 1 is 2.00 bits per heavy atom. The molecule has 0 aliphatic heterocycles. The van der Waals surface area contributed by atoms with E-state index in [4.69, 9.17) is 0 Å². The molecule has 0 saturated heterocycles. The van der Waals surface area contributed by atoms with Crippen molar-refractivity contribution in [3.8, 4) is 0 Å². The number of thiol groups is 1. The molecule has 0 aromatic heterocycles. The van der Waals surface area contributed by atoms with E-state index in [9.17, 15) is 0 Å². The fraction of sp³-hybridized carbons (Fsp3) is 0. The maximum atomic E-state index is 3.90. The normalized spacial score (nSPS) is 6.80. The van der Waals surface area contributed by atoms with E-state index >= 15 is 0 Å². The Balaban J connectivity index is 3.60. The summed E-state index contributed by atoms with van der Waals surface area (Å²) in [6, 6.07) is 0. The van der Waals surface area contributed by atoms with Gasteiger partial charge in [0.05, 0.1) is 2.20 Å². The predicted octanol–water partition coefficient (Wildman–Crippen LogP) is 1.60. The molecule has 30 valence electrons. The maximum absolute atomic E-state index is 3.90. The average molecular weight is 218 g/mol. The molecular weight excluding hydrogens is 215 g/mol. The molecule has 0 aliphatic rings. The van der Waals surface area contributed by atoms with E-state index in [-0.39, 0.29) is 0 Å². The molecule has 0 nitrogen and oxygen atoms in total. The maximum Gasteiger partial charge on any atom is 0.0945 e. The van der Waals surface area contributed by atoms with Crippen LogP contribution >= 0.6 is 46.2 Å². The van der Waals surface area contributed by atoms with Gasteiger partial charge in [-0.3, -0.25) is 0 Å². The zero-order chi connectivity index (χ0) is 4.28. The summed E-state index contributed by atoms with van der Waals surface area (Å²) in [7, 11) is 1.40. The molecule has 0 unspecified atom stereocenters. The molecule has 3 heteroatoms. The summed E-state index contributed by atoms with van der Waals surface area (Å²) in [5.74, 6) is 3.48. The van der Waals surface area contributed by atoms with E-state index in [2.05, 4.69) is 41.1 Å². The molecule has 0 aromatic carbocycles. The molecule has 0 fully saturated rings. The Morgan fingerprint density at radius 3 is 2.20 bits per heavy atom. The molecule has 0 atom stereocenters. The minimum absolute atomic E-state index is 0.975. The zero-order valence-electron chi connectivity index (χ0n) is 2.44. The minimum atomic E-state index is 0.975. The molecule has 0 amide bonds. The van der Waals surface area contributed by atoms with E-state index < -0.39 is 0 Å². The van der Waals surface area contributed by atoms with Crippen molar-refractivity contribution in [2.45, 2.75) is 0 Å². The highest BCUT2D eigenvalue weighted by Crippen LogP contribution is 1.93.